The number of carbonyl (C=O) groups is 3. The average Bonchev–Trinajstić information content (AvgIpc) is 2.94. The number of hydrogen-bond donors (Lipinski definition) is 1. The zero-order valence-corrected chi connectivity index (χ0v) is 16.4. The van der Waals surface area contributed by atoms with Gasteiger partial charge in [0.05, 0.1) is 28.2 Å². The fraction of sp³-hybridized carbons (Fsp3) is 0.368. The predicted molar refractivity (Wildman–Crippen MR) is 98.7 cm³/mol. The molecule has 0 fully saturated rings. The molecule has 0 saturated carbocycles. The van der Waals surface area contributed by atoms with Gasteiger partial charge >= 0.3 is 6.18 Å². The van der Waals surface area contributed by atoms with Gasteiger partial charge in [-0.25, -0.2) is 4.68 Å². The van der Waals surface area contributed by atoms with Gasteiger partial charge in [0, 0.05) is 27.1 Å². The first-order valence-electron chi connectivity index (χ1n) is 8.70. The van der Waals surface area contributed by atoms with Crippen molar-refractivity contribution in [1.82, 2.24) is 20.0 Å². The van der Waals surface area contributed by atoms with E-state index in [0.29, 0.717) is 0 Å². The largest absolute Gasteiger partial charge is 0.416 e. The Kier molecular flexibility index (Phi) is 6.45. The molecule has 0 radical (unpaired) electrons. The van der Waals surface area contributed by atoms with Crippen LogP contribution in [0.4, 0.5) is 13.2 Å². The van der Waals surface area contributed by atoms with Gasteiger partial charge in [0.25, 0.3) is 11.7 Å². The summed E-state index contributed by atoms with van der Waals surface area (Å²) in [5.74, 6) is -1.98. The van der Waals surface area contributed by atoms with Gasteiger partial charge in [0.2, 0.25) is 5.91 Å². The number of Topliss-reactive ketones (excluding diaryl/α,β-unsaturated/α-hetero) is 1. The lowest BCUT2D eigenvalue weighted by Gasteiger charge is -2.11. The van der Waals surface area contributed by atoms with Crippen LogP contribution in [0.5, 0.6) is 0 Å². The maximum atomic E-state index is 13.0. The number of nitrogens with one attached hydrogen (secondary N) is 1. The molecule has 0 aliphatic rings. The Morgan fingerprint density at radius 3 is 2.41 bits per heavy atom. The fourth-order valence-corrected chi connectivity index (χ4v) is 2.74. The van der Waals surface area contributed by atoms with Crippen molar-refractivity contribution in [2.45, 2.75) is 26.4 Å². The summed E-state index contributed by atoms with van der Waals surface area (Å²) in [5, 5.41) is 6.50. The topological polar surface area (TPSA) is 84.3 Å². The van der Waals surface area contributed by atoms with Crippen molar-refractivity contribution < 1.29 is 27.6 Å². The van der Waals surface area contributed by atoms with Crippen LogP contribution in [0.3, 0.4) is 0 Å². The van der Waals surface area contributed by atoms with E-state index in [1.165, 1.54) is 35.6 Å². The Hall–Kier alpha value is -3.17. The number of aromatic nitrogens is 2. The third kappa shape index (κ3) is 5.01. The second-order valence-corrected chi connectivity index (χ2v) is 6.63. The Morgan fingerprint density at radius 1 is 1.17 bits per heavy atom. The molecule has 1 N–H and O–H groups in total. The van der Waals surface area contributed by atoms with Crippen molar-refractivity contribution in [3.05, 3.63) is 46.8 Å². The lowest BCUT2D eigenvalue weighted by molar-refractivity contribution is -0.137. The van der Waals surface area contributed by atoms with Gasteiger partial charge < -0.3 is 10.2 Å². The predicted octanol–water partition coefficient (Wildman–Crippen LogP) is 2.29. The van der Waals surface area contributed by atoms with Gasteiger partial charge in [-0.2, -0.15) is 18.3 Å². The fourth-order valence-electron chi connectivity index (χ4n) is 2.74. The third-order valence-electron chi connectivity index (χ3n) is 4.27. The van der Waals surface area contributed by atoms with Crippen LogP contribution in [0.2, 0.25) is 0 Å². The smallest absolute Gasteiger partial charge is 0.349 e. The molecule has 2 aromatic rings. The maximum absolute atomic E-state index is 13.0. The highest BCUT2D eigenvalue weighted by Gasteiger charge is 2.31. The average molecular weight is 410 g/mol. The summed E-state index contributed by atoms with van der Waals surface area (Å²) in [6.07, 6.45) is -4.48. The molecule has 156 valence electrons. The molecule has 7 nitrogen and oxygen atoms in total. The molecule has 0 spiro atoms. The summed E-state index contributed by atoms with van der Waals surface area (Å²) in [5.41, 5.74) is -0.259. The molecule has 2 amide bonds. The number of aryl methyl sites for hydroxylation is 1. The summed E-state index contributed by atoms with van der Waals surface area (Å²) in [6, 6.07) is 4.52. The van der Waals surface area contributed by atoms with E-state index in [-0.39, 0.29) is 41.5 Å². The first kappa shape index (κ1) is 22.1. The van der Waals surface area contributed by atoms with Crippen molar-refractivity contribution in [1.29, 1.82) is 0 Å². The van der Waals surface area contributed by atoms with E-state index in [1.807, 2.05) is 0 Å². The zero-order chi connectivity index (χ0) is 21.9. The highest BCUT2D eigenvalue weighted by molar-refractivity contribution is 6.43. The summed E-state index contributed by atoms with van der Waals surface area (Å²) in [4.78, 5) is 37.6. The quantitative estimate of drug-likeness (QED) is 0.585. The Morgan fingerprint density at radius 2 is 1.83 bits per heavy atom. The summed E-state index contributed by atoms with van der Waals surface area (Å²) < 4.78 is 40.1. The van der Waals surface area contributed by atoms with Crippen molar-refractivity contribution in [3.63, 3.8) is 0 Å². The van der Waals surface area contributed by atoms with E-state index < -0.39 is 23.4 Å². The van der Waals surface area contributed by atoms with Crippen molar-refractivity contribution in [3.8, 4) is 5.69 Å². The minimum Gasteiger partial charge on any atom is -0.349 e. The first-order valence-corrected chi connectivity index (χ1v) is 8.70. The SMILES string of the molecule is Cc1nn(-c2cccc(C(F)(F)F)c2)c(C)c1C(=O)C(=O)NCCC(=O)N(C)C. The van der Waals surface area contributed by atoms with Crippen molar-refractivity contribution in [2.24, 2.45) is 0 Å². The monoisotopic (exact) mass is 410 g/mol. The second-order valence-electron chi connectivity index (χ2n) is 6.63. The van der Waals surface area contributed by atoms with Crippen LogP contribution in [0.25, 0.3) is 5.69 Å². The zero-order valence-electron chi connectivity index (χ0n) is 16.4. The number of halogens is 3. The highest BCUT2D eigenvalue weighted by atomic mass is 19.4. The van der Waals surface area contributed by atoms with Crippen molar-refractivity contribution in [2.75, 3.05) is 20.6 Å². The minimum atomic E-state index is -4.52. The molecule has 1 aromatic carbocycles. The standard InChI is InChI=1S/C19H21F3N4O3/c1-11-16(17(28)18(29)23-9-8-15(27)25(3)4)12(2)26(24-11)14-7-5-6-13(10-14)19(20,21)22/h5-7,10H,8-9H2,1-4H3,(H,23,29). The molecular formula is C19H21F3N4O3. The van der Waals surface area contributed by atoms with Crippen LogP contribution >= 0.6 is 0 Å². The number of benzene rings is 1. The van der Waals surface area contributed by atoms with Gasteiger partial charge in [-0.3, -0.25) is 14.4 Å². The number of hydrogen-bond acceptors (Lipinski definition) is 4. The molecule has 0 atom stereocenters. The number of carbonyl (C=O) groups excluding carboxylic acids is 3. The normalized spacial score (nSPS) is 11.3. The molecule has 0 aliphatic carbocycles. The van der Waals surface area contributed by atoms with E-state index in [1.54, 1.807) is 14.1 Å². The summed E-state index contributed by atoms with van der Waals surface area (Å²) >= 11 is 0. The van der Waals surface area contributed by atoms with Gasteiger partial charge in [0.15, 0.2) is 0 Å². The number of amides is 2. The van der Waals surface area contributed by atoms with Crippen LogP contribution in [-0.4, -0.2) is 52.9 Å². The van der Waals surface area contributed by atoms with Gasteiger partial charge in [0.1, 0.15) is 0 Å². The van der Waals surface area contributed by atoms with E-state index in [9.17, 15) is 27.6 Å². The molecule has 0 aliphatic heterocycles. The van der Waals surface area contributed by atoms with Gasteiger partial charge in [-0.15, -0.1) is 0 Å². The van der Waals surface area contributed by atoms with Crippen LogP contribution < -0.4 is 5.32 Å². The Bertz CT molecular complexity index is 949. The lowest BCUT2D eigenvalue weighted by atomic mass is 10.1. The third-order valence-corrected chi connectivity index (χ3v) is 4.27. The lowest BCUT2D eigenvalue weighted by Crippen LogP contribution is -2.35. The van der Waals surface area contributed by atoms with Crippen LogP contribution in [-0.2, 0) is 15.8 Å². The highest BCUT2D eigenvalue weighted by Crippen LogP contribution is 2.30. The van der Waals surface area contributed by atoms with Crippen LogP contribution in [0, 0.1) is 13.8 Å². The molecule has 0 bridgehead atoms. The Balaban J connectivity index is 2.24. The molecule has 29 heavy (non-hydrogen) atoms. The first-order chi connectivity index (χ1) is 13.4. The summed E-state index contributed by atoms with van der Waals surface area (Å²) in [7, 11) is 3.15. The van der Waals surface area contributed by atoms with Gasteiger partial charge in [-0.1, -0.05) is 6.07 Å². The van der Waals surface area contributed by atoms with Crippen LogP contribution in [0.15, 0.2) is 24.3 Å². The molecule has 1 aromatic heterocycles. The van der Waals surface area contributed by atoms with E-state index >= 15 is 0 Å². The Labute approximate surface area is 165 Å². The molecule has 10 heteroatoms. The van der Waals surface area contributed by atoms with Gasteiger partial charge in [-0.05, 0) is 32.0 Å². The number of alkyl halides is 3. The maximum Gasteiger partial charge on any atom is 0.416 e. The van der Waals surface area contributed by atoms with Crippen molar-refractivity contribution >= 4 is 17.6 Å². The number of ketones is 1. The molecule has 2 rings (SSSR count). The molecule has 0 saturated heterocycles. The molecular weight excluding hydrogens is 389 g/mol. The summed E-state index contributed by atoms with van der Waals surface area (Å²) in [6.45, 7) is 2.98. The molecule has 1 heterocycles. The number of nitrogens with zero attached hydrogens (tertiary/aromatic N) is 3. The van der Waals surface area contributed by atoms with Crippen LogP contribution in [0.1, 0.15) is 33.7 Å². The second kappa shape index (κ2) is 8.46. The molecule has 0 unspecified atom stereocenters. The van der Waals surface area contributed by atoms with E-state index in [0.717, 1.165) is 12.1 Å². The van der Waals surface area contributed by atoms with E-state index in [4.69, 9.17) is 0 Å². The number of rotatable bonds is 6. The van der Waals surface area contributed by atoms with E-state index in [2.05, 4.69) is 10.4 Å². The minimum absolute atomic E-state index is 0.0125.